The van der Waals surface area contributed by atoms with Gasteiger partial charge in [0.15, 0.2) is 5.69 Å². The number of primary amides is 1. The summed E-state index contributed by atoms with van der Waals surface area (Å²) >= 11 is 1.34. The van der Waals surface area contributed by atoms with Crippen molar-refractivity contribution >= 4 is 39.3 Å². The highest BCUT2D eigenvalue weighted by Crippen LogP contribution is 2.23. The SMILES string of the molecule is CC(C)C(C)(NC(=O)c1cc2sccc2nc1C(=O)O)C(N)=O. The molecule has 1 atom stereocenters. The third-order valence-corrected chi connectivity index (χ3v) is 4.78. The number of rotatable bonds is 5. The summed E-state index contributed by atoms with van der Waals surface area (Å²) in [6.45, 7) is 4.99. The maximum Gasteiger partial charge on any atom is 0.355 e. The Bertz CT molecular complexity index is 799. The van der Waals surface area contributed by atoms with Crippen LogP contribution in [0.15, 0.2) is 17.5 Å². The maximum absolute atomic E-state index is 12.5. The summed E-state index contributed by atoms with van der Waals surface area (Å²) in [4.78, 5) is 39.6. The van der Waals surface area contributed by atoms with Crippen molar-refractivity contribution in [1.29, 1.82) is 0 Å². The molecule has 0 aliphatic heterocycles. The number of hydrogen-bond donors (Lipinski definition) is 3. The number of carbonyl (C=O) groups excluding carboxylic acids is 2. The Kier molecular flexibility index (Phi) is 4.37. The highest BCUT2D eigenvalue weighted by molar-refractivity contribution is 7.17. The Morgan fingerprint density at radius 3 is 2.57 bits per heavy atom. The molecule has 2 aromatic heterocycles. The minimum atomic E-state index is -1.31. The summed E-state index contributed by atoms with van der Waals surface area (Å²) in [5.74, 6) is -2.97. The molecule has 0 fully saturated rings. The average molecular weight is 335 g/mol. The molecule has 1 unspecified atom stereocenters. The Morgan fingerprint density at radius 1 is 1.39 bits per heavy atom. The van der Waals surface area contributed by atoms with Gasteiger partial charge in [-0.2, -0.15) is 0 Å². The van der Waals surface area contributed by atoms with Crippen LogP contribution in [-0.4, -0.2) is 33.4 Å². The van der Waals surface area contributed by atoms with Crippen molar-refractivity contribution in [2.75, 3.05) is 0 Å². The number of thiophene rings is 1. The highest BCUT2D eigenvalue weighted by Gasteiger charge is 2.37. The molecule has 7 nitrogen and oxygen atoms in total. The zero-order valence-electron chi connectivity index (χ0n) is 12.9. The second-order valence-electron chi connectivity index (χ2n) is 5.67. The molecule has 0 aliphatic rings. The van der Waals surface area contributed by atoms with Gasteiger partial charge in [-0.25, -0.2) is 9.78 Å². The van der Waals surface area contributed by atoms with Gasteiger partial charge in [0.1, 0.15) is 5.54 Å². The standard InChI is InChI=1S/C15H17N3O4S/c1-7(2)15(3,14(16)22)18-12(19)8-6-10-9(4-5-23-10)17-11(8)13(20)21/h4-7H,1-3H3,(H2,16,22)(H,18,19)(H,20,21). The summed E-state index contributed by atoms with van der Waals surface area (Å²) in [7, 11) is 0. The van der Waals surface area contributed by atoms with E-state index in [1.807, 2.05) is 0 Å². The third-order valence-electron chi connectivity index (χ3n) is 3.92. The fourth-order valence-electron chi connectivity index (χ4n) is 2.02. The van der Waals surface area contributed by atoms with Crippen molar-refractivity contribution in [2.45, 2.75) is 26.3 Å². The van der Waals surface area contributed by atoms with Gasteiger partial charge in [-0.3, -0.25) is 9.59 Å². The molecule has 0 spiro atoms. The normalized spacial score (nSPS) is 13.7. The lowest BCUT2D eigenvalue weighted by atomic mass is 9.87. The van der Waals surface area contributed by atoms with Crippen LogP contribution in [0, 0.1) is 5.92 Å². The molecule has 0 saturated heterocycles. The lowest BCUT2D eigenvalue weighted by Gasteiger charge is -2.31. The number of nitrogens with zero attached hydrogens (tertiary/aromatic N) is 1. The topological polar surface area (TPSA) is 122 Å². The van der Waals surface area contributed by atoms with Crippen molar-refractivity contribution in [3.8, 4) is 0 Å². The summed E-state index contributed by atoms with van der Waals surface area (Å²) in [5, 5.41) is 13.6. The molecule has 0 aliphatic carbocycles. The number of aromatic nitrogens is 1. The average Bonchev–Trinajstić information content (AvgIpc) is 2.92. The van der Waals surface area contributed by atoms with Crippen LogP contribution in [0.2, 0.25) is 0 Å². The van der Waals surface area contributed by atoms with Gasteiger partial charge in [0.05, 0.1) is 15.8 Å². The smallest absolute Gasteiger partial charge is 0.355 e. The molecule has 0 aromatic carbocycles. The molecule has 2 heterocycles. The highest BCUT2D eigenvalue weighted by atomic mass is 32.1. The van der Waals surface area contributed by atoms with Gasteiger partial charge in [-0.05, 0) is 30.4 Å². The van der Waals surface area contributed by atoms with Crippen LogP contribution < -0.4 is 11.1 Å². The van der Waals surface area contributed by atoms with E-state index in [9.17, 15) is 19.5 Å². The fourth-order valence-corrected chi connectivity index (χ4v) is 2.79. The van der Waals surface area contributed by atoms with Crippen molar-refractivity contribution in [2.24, 2.45) is 11.7 Å². The zero-order valence-corrected chi connectivity index (χ0v) is 13.7. The summed E-state index contributed by atoms with van der Waals surface area (Å²) in [6.07, 6.45) is 0. The lowest BCUT2D eigenvalue weighted by molar-refractivity contribution is -0.125. The second kappa shape index (κ2) is 5.96. The van der Waals surface area contributed by atoms with E-state index in [-0.39, 0.29) is 17.2 Å². The van der Waals surface area contributed by atoms with Gasteiger partial charge < -0.3 is 16.2 Å². The summed E-state index contributed by atoms with van der Waals surface area (Å²) in [6, 6.07) is 3.14. The van der Waals surface area contributed by atoms with E-state index >= 15 is 0 Å². The first kappa shape index (κ1) is 16.9. The molecule has 0 radical (unpaired) electrons. The molecule has 0 bridgehead atoms. The molecule has 0 saturated carbocycles. The van der Waals surface area contributed by atoms with Crippen LogP contribution in [0.3, 0.4) is 0 Å². The van der Waals surface area contributed by atoms with Gasteiger partial charge >= 0.3 is 5.97 Å². The number of amides is 2. The van der Waals surface area contributed by atoms with E-state index < -0.39 is 23.3 Å². The van der Waals surface area contributed by atoms with Gasteiger partial charge in [-0.15, -0.1) is 11.3 Å². The van der Waals surface area contributed by atoms with Crippen LogP contribution in [0.5, 0.6) is 0 Å². The molecule has 122 valence electrons. The number of carboxylic acid groups (broad SMARTS) is 1. The van der Waals surface area contributed by atoms with Gasteiger partial charge in [-0.1, -0.05) is 13.8 Å². The fraction of sp³-hybridized carbons (Fsp3) is 0.333. The van der Waals surface area contributed by atoms with Crippen LogP contribution in [0.1, 0.15) is 41.6 Å². The molecule has 2 aromatic rings. The van der Waals surface area contributed by atoms with E-state index in [4.69, 9.17) is 5.73 Å². The Hall–Kier alpha value is -2.48. The van der Waals surface area contributed by atoms with Gasteiger partial charge in [0.25, 0.3) is 5.91 Å². The first-order valence-electron chi connectivity index (χ1n) is 6.90. The molecule has 2 rings (SSSR count). The molecular formula is C15H17N3O4S. The quantitative estimate of drug-likeness (QED) is 0.766. The first-order valence-corrected chi connectivity index (χ1v) is 7.78. The van der Waals surface area contributed by atoms with Gasteiger partial charge in [0.2, 0.25) is 5.91 Å². The molecule has 2 amide bonds. The van der Waals surface area contributed by atoms with Crippen LogP contribution in [0.4, 0.5) is 0 Å². The Morgan fingerprint density at radius 2 is 2.04 bits per heavy atom. The lowest BCUT2D eigenvalue weighted by Crippen LogP contribution is -2.58. The predicted octanol–water partition coefficient (Wildman–Crippen LogP) is 1.62. The van der Waals surface area contributed by atoms with E-state index in [0.29, 0.717) is 10.2 Å². The van der Waals surface area contributed by atoms with Crippen molar-refractivity contribution in [3.63, 3.8) is 0 Å². The number of nitrogens with two attached hydrogens (primary N) is 1. The summed E-state index contributed by atoms with van der Waals surface area (Å²) < 4.78 is 0.686. The number of fused-ring (bicyclic) bond motifs is 1. The monoisotopic (exact) mass is 335 g/mol. The zero-order chi connectivity index (χ0) is 17.4. The molecule has 8 heteroatoms. The number of aromatic carboxylic acids is 1. The number of nitrogens with one attached hydrogen (secondary N) is 1. The Labute approximate surface area is 136 Å². The minimum absolute atomic E-state index is 0.0967. The van der Waals surface area contributed by atoms with Crippen molar-refractivity contribution in [3.05, 3.63) is 28.8 Å². The van der Waals surface area contributed by atoms with Crippen LogP contribution in [0.25, 0.3) is 10.2 Å². The third kappa shape index (κ3) is 3.02. The molecular weight excluding hydrogens is 318 g/mol. The van der Waals surface area contributed by atoms with E-state index in [1.165, 1.54) is 24.3 Å². The van der Waals surface area contributed by atoms with E-state index in [1.54, 1.807) is 25.3 Å². The Balaban J connectivity index is 2.50. The predicted molar refractivity (Wildman–Crippen MR) is 86.5 cm³/mol. The van der Waals surface area contributed by atoms with Crippen LogP contribution >= 0.6 is 11.3 Å². The van der Waals surface area contributed by atoms with E-state index in [0.717, 1.165) is 0 Å². The molecule has 4 N–H and O–H groups in total. The van der Waals surface area contributed by atoms with Crippen molar-refractivity contribution < 1.29 is 19.5 Å². The second-order valence-corrected chi connectivity index (χ2v) is 6.62. The molecule has 23 heavy (non-hydrogen) atoms. The number of hydrogen-bond acceptors (Lipinski definition) is 5. The number of carboxylic acids is 1. The van der Waals surface area contributed by atoms with E-state index in [2.05, 4.69) is 10.3 Å². The van der Waals surface area contributed by atoms with Crippen molar-refractivity contribution in [1.82, 2.24) is 10.3 Å². The van der Waals surface area contributed by atoms with Gasteiger partial charge in [0, 0.05) is 0 Å². The largest absolute Gasteiger partial charge is 0.476 e. The minimum Gasteiger partial charge on any atom is -0.476 e. The number of carbonyl (C=O) groups is 3. The first-order chi connectivity index (χ1) is 10.7. The number of pyridine rings is 1. The van der Waals surface area contributed by atoms with Crippen LogP contribution in [-0.2, 0) is 4.79 Å². The summed E-state index contributed by atoms with van der Waals surface area (Å²) in [5.41, 5.74) is 4.14. The maximum atomic E-state index is 12.5.